The van der Waals surface area contributed by atoms with Crippen molar-refractivity contribution in [3.05, 3.63) is 122 Å². The van der Waals surface area contributed by atoms with Crippen molar-refractivity contribution in [2.45, 2.75) is 0 Å². The number of hydrogen-bond donors (Lipinski definition) is 0. The van der Waals surface area contributed by atoms with Crippen molar-refractivity contribution in [3.8, 4) is 28.2 Å². The Morgan fingerprint density at radius 1 is 0.667 bits per heavy atom. The summed E-state index contributed by atoms with van der Waals surface area (Å²) in [6.07, 6.45) is 9.03. The number of aromatic nitrogens is 4. The van der Waals surface area contributed by atoms with Gasteiger partial charge in [-0.2, -0.15) is 0 Å². The van der Waals surface area contributed by atoms with E-state index in [1.807, 2.05) is 89.6 Å². The van der Waals surface area contributed by atoms with Gasteiger partial charge in [0.2, 0.25) is 0 Å². The SMILES string of the molecule is [Ir].[c-]1ccccc1-c1cc(-n2ccnc2)ccn1.[c-]1ccccc1-c1ccccn1. The molecule has 5 heteroatoms. The van der Waals surface area contributed by atoms with Crippen LogP contribution in [0.5, 0.6) is 0 Å². The molecular formula is C25H18IrN4-2. The summed E-state index contributed by atoms with van der Waals surface area (Å²) in [5, 5.41) is 0. The van der Waals surface area contributed by atoms with E-state index in [1.165, 1.54) is 0 Å². The quantitative estimate of drug-likeness (QED) is 0.279. The van der Waals surface area contributed by atoms with Gasteiger partial charge in [0.1, 0.15) is 0 Å². The molecule has 3 aromatic heterocycles. The van der Waals surface area contributed by atoms with Gasteiger partial charge in [-0.3, -0.25) is 0 Å². The maximum Gasteiger partial charge on any atom is 0.0991 e. The number of benzene rings is 2. The molecule has 30 heavy (non-hydrogen) atoms. The molecule has 2 aromatic carbocycles. The van der Waals surface area contributed by atoms with Gasteiger partial charge in [0.05, 0.1) is 6.33 Å². The average molecular weight is 567 g/mol. The fourth-order valence-electron chi connectivity index (χ4n) is 2.77. The van der Waals surface area contributed by atoms with Gasteiger partial charge in [0, 0.05) is 50.6 Å². The molecular weight excluding hydrogens is 549 g/mol. The molecule has 0 spiro atoms. The molecule has 5 aromatic rings. The van der Waals surface area contributed by atoms with Crippen LogP contribution in [0.2, 0.25) is 0 Å². The topological polar surface area (TPSA) is 43.6 Å². The fourth-order valence-corrected chi connectivity index (χ4v) is 2.77. The maximum absolute atomic E-state index is 4.35. The largest absolute Gasteiger partial charge is 0.307 e. The van der Waals surface area contributed by atoms with Crippen LogP contribution in [-0.2, 0) is 20.1 Å². The van der Waals surface area contributed by atoms with Gasteiger partial charge in [-0.15, -0.1) is 71.8 Å². The molecule has 5 rings (SSSR count). The van der Waals surface area contributed by atoms with E-state index in [0.717, 1.165) is 28.2 Å². The Bertz CT molecular complexity index is 1090. The molecule has 0 aliphatic carbocycles. The molecule has 0 aliphatic heterocycles. The normalized spacial score (nSPS) is 9.73. The predicted molar refractivity (Wildman–Crippen MR) is 114 cm³/mol. The summed E-state index contributed by atoms with van der Waals surface area (Å²) < 4.78 is 1.95. The molecule has 0 saturated heterocycles. The van der Waals surface area contributed by atoms with Gasteiger partial charge >= 0.3 is 0 Å². The molecule has 149 valence electrons. The van der Waals surface area contributed by atoms with E-state index in [4.69, 9.17) is 0 Å². The number of imidazole rings is 1. The molecule has 0 bridgehead atoms. The monoisotopic (exact) mass is 567 g/mol. The summed E-state index contributed by atoms with van der Waals surface area (Å²) in [7, 11) is 0. The molecule has 4 nitrogen and oxygen atoms in total. The molecule has 0 atom stereocenters. The molecule has 0 aliphatic rings. The first-order valence-electron chi connectivity index (χ1n) is 9.20. The second-order valence-corrected chi connectivity index (χ2v) is 6.14. The van der Waals surface area contributed by atoms with Crippen LogP contribution in [0.4, 0.5) is 0 Å². The number of pyridine rings is 2. The number of rotatable bonds is 3. The Labute approximate surface area is 189 Å². The third kappa shape index (κ3) is 5.57. The second-order valence-electron chi connectivity index (χ2n) is 6.14. The van der Waals surface area contributed by atoms with Gasteiger partial charge < -0.3 is 14.5 Å². The summed E-state index contributed by atoms with van der Waals surface area (Å²) in [6, 6.07) is 31.8. The van der Waals surface area contributed by atoms with Crippen LogP contribution >= 0.6 is 0 Å². The Morgan fingerprint density at radius 2 is 1.37 bits per heavy atom. The van der Waals surface area contributed by atoms with E-state index in [9.17, 15) is 0 Å². The number of nitrogens with zero attached hydrogens (tertiary/aromatic N) is 4. The number of hydrogen-bond acceptors (Lipinski definition) is 3. The Morgan fingerprint density at radius 3 is 1.97 bits per heavy atom. The summed E-state index contributed by atoms with van der Waals surface area (Å²) in [5.41, 5.74) is 4.97. The minimum Gasteiger partial charge on any atom is -0.307 e. The standard InChI is InChI=1S/C14H10N3.C11H8N.Ir/c1-2-4-12(5-3-1)14-10-13(6-7-16-14)17-9-8-15-11-17;1-2-6-10(7-3-1)11-8-4-5-9-12-11;/h1-4,6-11H;1-6,8-9H;/q2*-1;. The van der Waals surface area contributed by atoms with Crippen molar-refractivity contribution >= 4 is 0 Å². The van der Waals surface area contributed by atoms with Crippen molar-refractivity contribution in [1.82, 2.24) is 19.5 Å². The smallest absolute Gasteiger partial charge is 0.0991 e. The Balaban J connectivity index is 0.000000175. The van der Waals surface area contributed by atoms with Crippen molar-refractivity contribution in [1.29, 1.82) is 0 Å². The first kappa shape index (κ1) is 21.3. The van der Waals surface area contributed by atoms with Crippen molar-refractivity contribution < 1.29 is 20.1 Å². The van der Waals surface area contributed by atoms with Crippen LogP contribution in [0, 0.1) is 12.1 Å². The van der Waals surface area contributed by atoms with Crippen LogP contribution in [-0.4, -0.2) is 19.5 Å². The molecule has 0 fully saturated rings. The maximum atomic E-state index is 4.35. The third-order valence-electron chi connectivity index (χ3n) is 4.18. The molecule has 0 N–H and O–H groups in total. The van der Waals surface area contributed by atoms with Gasteiger partial charge in [-0.1, -0.05) is 18.2 Å². The van der Waals surface area contributed by atoms with Gasteiger partial charge in [0.15, 0.2) is 0 Å². The molecule has 3 heterocycles. The zero-order chi connectivity index (χ0) is 19.7. The van der Waals surface area contributed by atoms with E-state index in [1.54, 1.807) is 24.9 Å². The second kappa shape index (κ2) is 11.0. The van der Waals surface area contributed by atoms with Gasteiger partial charge in [-0.25, -0.2) is 4.98 Å². The van der Waals surface area contributed by atoms with E-state index in [0.29, 0.717) is 0 Å². The summed E-state index contributed by atoms with van der Waals surface area (Å²) in [5.74, 6) is 0. The summed E-state index contributed by atoms with van der Waals surface area (Å²) in [4.78, 5) is 12.6. The molecule has 0 unspecified atom stereocenters. The van der Waals surface area contributed by atoms with Crippen molar-refractivity contribution in [3.63, 3.8) is 0 Å². The van der Waals surface area contributed by atoms with Crippen LogP contribution in [0.25, 0.3) is 28.2 Å². The summed E-state index contributed by atoms with van der Waals surface area (Å²) >= 11 is 0. The molecule has 1 radical (unpaired) electrons. The zero-order valence-corrected chi connectivity index (χ0v) is 18.4. The van der Waals surface area contributed by atoms with Crippen molar-refractivity contribution in [2.75, 3.05) is 0 Å². The first-order chi connectivity index (χ1) is 14.4. The van der Waals surface area contributed by atoms with Crippen LogP contribution < -0.4 is 0 Å². The van der Waals surface area contributed by atoms with Crippen molar-refractivity contribution in [2.24, 2.45) is 0 Å². The van der Waals surface area contributed by atoms with Crippen LogP contribution in [0.3, 0.4) is 0 Å². The van der Waals surface area contributed by atoms with Crippen LogP contribution in [0.1, 0.15) is 0 Å². The molecule has 0 amide bonds. The first-order valence-corrected chi connectivity index (χ1v) is 9.20. The van der Waals surface area contributed by atoms with E-state index in [2.05, 4.69) is 27.1 Å². The van der Waals surface area contributed by atoms with E-state index < -0.39 is 0 Å². The third-order valence-corrected chi connectivity index (χ3v) is 4.18. The predicted octanol–water partition coefficient (Wildman–Crippen LogP) is 5.28. The van der Waals surface area contributed by atoms with Gasteiger partial charge in [-0.05, 0) is 23.5 Å². The molecule has 0 saturated carbocycles. The minimum atomic E-state index is 0. The fraction of sp³-hybridized carbons (Fsp3) is 0. The average Bonchev–Trinajstić information content (AvgIpc) is 3.37. The zero-order valence-electron chi connectivity index (χ0n) is 16.0. The van der Waals surface area contributed by atoms with Gasteiger partial charge in [0.25, 0.3) is 0 Å². The van der Waals surface area contributed by atoms with E-state index in [-0.39, 0.29) is 20.1 Å². The van der Waals surface area contributed by atoms with Crippen LogP contribution in [0.15, 0.2) is 110 Å². The Kier molecular flexibility index (Phi) is 7.78. The summed E-state index contributed by atoms with van der Waals surface area (Å²) in [6.45, 7) is 0. The van der Waals surface area contributed by atoms with E-state index >= 15 is 0 Å². The Hall–Kier alpha value is -3.40. The minimum absolute atomic E-state index is 0.